The van der Waals surface area contributed by atoms with Gasteiger partial charge in [-0.05, 0) is 99.7 Å². The molecule has 0 bridgehead atoms. The Labute approximate surface area is 275 Å². The van der Waals surface area contributed by atoms with Gasteiger partial charge in [0.15, 0.2) is 0 Å². The van der Waals surface area contributed by atoms with E-state index in [4.69, 9.17) is 6.85 Å². The minimum atomic E-state index is -0.396. The largest absolute Gasteiger partial charge is 0.0629 e. The van der Waals surface area contributed by atoms with E-state index in [9.17, 15) is 0 Å². The van der Waals surface area contributed by atoms with Crippen molar-refractivity contribution in [3.05, 3.63) is 182 Å². The van der Waals surface area contributed by atoms with Crippen molar-refractivity contribution < 1.29 is 6.85 Å². The lowest BCUT2D eigenvalue weighted by molar-refractivity contribution is 1.62. The third-order valence-corrected chi connectivity index (χ3v) is 9.13. The number of hydrogen-bond donors (Lipinski definition) is 0. The van der Waals surface area contributed by atoms with Crippen molar-refractivity contribution in [2.45, 2.75) is 0 Å². The summed E-state index contributed by atoms with van der Waals surface area (Å²) < 4.78 is 43.0. The van der Waals surface area contributed by atoms with Gasteiger partial charge in [0.05, 0.1) is 6.85 Å². The Balaban J connectivity index is 1.37. The maximum atomic E-state index is 8.91. The molecule has 0 aliphatic heterocycles. The van der Waals surface area contributed by atoms with Crippen LogP contribution in [0.25, 0.3) is 87.6 Å². The van der Waals surface area contributed by atoms with Gasteiger partial charge in [0.1, 0.15) is 0 Å². The fourth-order valence-electron chi connectivity index (χ4n) is 7.15. The summed E-state index contributed by atoms with van der Waals surface area (Å²) >= 11 is 0. The van der Waals surface area contributed by atoms with Crippen molar-refractivity contribution in [3.63, 3.8) is 0 Å². The van der Waals surface area contributed by atoms with Crippen LogP contribution in [0, 0.1) is 0 Å². The van der Waals surface area contributed by atoms with Crippen molar-refractivity contribution in [3.8, 4) is 44.5 Å². The molecule has 0 aromatic heterocycles. The molecule has 0 heterocycles. The summed E-state index contributed by atoms with van der Waals surface area (Å²) in [6.45, 7) is 0. The minimum absolute atomic E-state index is 0.205. The van der Waals surface area contributed by atoms with E-state index < -0.39 is 6.04 Å². The van der Waals surface area contributed by atoms with Crippen LogP contribution in [0.3, 0.4) is 0 Å². The zero-order valence-corrected chi connectivity index (χ0v) is 24.9. The van der Waals surface area contributed by atoms with Gasteiger partial charge in [-0.2, -0.15) is 0 Å². The minimum Gasteiger partial charge on any atom is -0.0622 e. The Morgan fingerprint density at radius 3 is 1.41 bits per heavy atom. The topological polar surface area (TPSA) is 0 Å². The molecular weight excluding hydrogens is 553 g/mol. The zero-order chi connectivity index (χ0) is 34.8. The average Bonchev–Trinajstić information content (AvgIpc) is 3.18. The highest BCUT2D eigenvalue weighted by atomic mass is 14.2. The number of benzene rings is 9. The summed E-state index contributed by atoms with van der Waals surface area (Å²) in [6.07, 6.45) is 0. The lowest BCUT2D eigenvalue weighted by Crippen LogP contribution is -1.92. The van der Waals surface area contributed by atoms with E-state index in [2.05, 4.69) is 109 Å². The van der Waals surface area contributed by atoms with E-state index in [1.165, 1.54) is 16.3 Å². The van der Waals surface area contributed by atoms with Gasteiger partial charge < -0.3 is 0 Å². The van der Waals surface area contributed by atoms with Gasteiger partial charge in [0, 0.05) is 0 Å². The van der Waals surface area contributed by atoms with Crippen LogP contribution in [0.15, 0.2) is 182 Å². The van der Waals surface area contributed by atoms with E-state index in [1.54, 1.807) is 0 Å². The summed E-state index contributed by atoms with van der Waals surface area (Å²) in [5.74, 6) is 0. The predicted molar refractivity (Wildman–Crippen MR) is 198 cm³/mol. The molecule has 9 aromatic rings. The number of rotatable bonds is 4. The van der Waals surface area contributed by atoms with Crippen LogP contribution in [0.5, 0.6) is 0 Å². The van der Waals surface area contributed by atoms with Crippen LogP contribution in [0.1, 0.15) is 6.85 Å². The molecule has 0 saturated heterocycles. The third-order valence-electron chi connectivity index (χ3n) is 9.13. The first kappa shape index (κ1) is 21.7. The van der Waals surface area contributed by atoms with Gasteiger partial charge in [0.25, 0.3) is 0 Å². The monoisotopic (exact) mass is 587 g/mol. The molecule has 0 aliphatic rings. The molecule has 9 rings (SSSR count). The highest BCUT2D eigenvalue weighted by molar-refractivity contribution is 6.24. The molecule has 46 heavy (non-hydrogen) atoms. The van der Waals surface area contributed by atoms with E-state index in [0.29, 0.717) is 5.56 Å². The van der Waals surface area contributed by atoms with Crippen LogP contribution >= 0.6 is 0 Å². The van der Waals surface area contributed by atoms with Crippen molar-refractivity contribution in [1.29, 1.82) is 0 Å². The Bertz CT molecular complexity index is 2770. The Morgan fingerprint density at radius 2 is 0.783 bits per heavy atom. The molecule has 0 aliphatic carbocycles. The standard InChI is InChI=1S/C46H30/c1-3-15-31(16-4-1)43-29-33-19-7-8-20-34(33)30-44(43)37-27-13-26-36-35(37)25-14-28-38(36)46-41-23-11-9-21-39(41)45(32-17-5-2-6-18-32)40-22-10-12-24-42(40)46/h1-30H/i2D,5D,6D,17D,18D. The summed E-state index contributed by atoms with van der Waals surface area (Å²) in [5, 5.41) is 8.17. The van der Waals surface area contributed by atoms with Crippen molar-refractivity contribution in [2.24, 2.45) is 0 Å². The second-order valence-corrected chi connectivity index (χ2v) is 11.7. The molecule has 0 heteroatoms. The maximum absolute atomic E-state index is 8.91. The van der Waals surface area contributed by atoms with Crippen molar-refractivity contribution in [1.82, 2.24) is 0 Å². The molecule has 0 saturated carbocycles. The highest BCUT2D eigenvalue weighted by Crippen LogP contribution is 2.47. The summed E-state index contributed by atoms with van der Waals surface area (Å²) in [5.41, 5.74) is 7.60. The molecule has 0 nitrogen and oxygen atoms in total. The first-order chi connectivity index (χ1) is 24.9. The highest BCUT2D eigenvalue weighted by Gasteiger charge is 2.19. The van der Waals surface area contributed by atoms with Crippen molar-refractivity contribution >= 4 is 43.1 Å². The van der Waals surface area contributed by atoms with Gasteiger partial charge in [-0.1, -0.05) is 170 Å². The lowest BCUT2D eigenvalue weighted by atomic mass is 9.83. The molecule has 0 amide bonds. The smallest absolute Gasteiger partial charge is 0.0622 e. The molecule has 0 spiro atoms. The van der Waals surface area contributed by atoms with Gasteiger partial charge in [-0.25, -0.2) is 0 Å². The first-order valence-corrected chi connectivity index (χ1v) is 15.5. The molecule has 0 radical (unpaired) electrons. The van der Waals surface area contributed by atoms with Gasteiger partial charge >= 0.3 is 0 Å². The van der Waals surface area contributed by atoms with Gasteiger partial charge in [0.2, 0.25) is 0 Å². The van der Waals surface area contributed by atoms with Crippen LogP contribution in [0.4, 0.5) is 0 Å². The van der Waals surface area contributed by atoms with Crippen LogP contribution in [0.2, 0.25) is 0 Å². The Kier molecular flexibility index (Phi) is 5.12. The van der Waals surface area contributed by atoms with Crippen LogP contribution in [-0.2, 0) is 0 Å². The van der Waals surface area contributed by atoms with Gasteiger partial charge in [-0.3, -0.25) is 0 Å². The summed E-state index contributed by atoms with van der Waals surface area (Å²) in [7, 11) is 0. The maximum Gasteiger partial charge on any atom is 0.0629 e. The van der Waals surface area contributed by atoms with Crippen LogP contribution in [-0.4, -0.2) is 0 Å². The molecule has 214 valence electrons. The Hall–Kier alpha value is -5.98. The SMILES string of the molecule is [2H]c1c([2H])c([2H])c(-c2c3ccccc3c(-c3cccc4c(-c5cc6ccccc6cc5-c5ccccc5)cccc34)c3ccccc23)c([2H])c1[2H]. The normalized spacial score (nSPS) is 13.0. The van der Waals surface area contributed by atoms with E-state index in [-0.39, 0.29) is 29.7 Å². The lowest BCUT2D eigenvalue weighted by Gasteiger charge is -2.20. The average molecular weight is 588 g/mol. The summed E-state index contributed by atoms with van der Waals surface area (Å²) in [4.78, 5) is 0. The van der Waals surface area contributed by atoms with E-state index in [0.717, 1.165) is 60.1 Å². The Morgan fingerprint density at radius 1 is 0.304 bits per heavy atom. The second-order valence-electron chi connectivity index (χ2n) is 11.7. The van der Waals surface area contributed by atoms with E-state index in [1.807, 2.05) is 42.5 Å². The molecule has 0 fully saturated rings. The molecule has 0 atom stereocenters. The van der Waals surface area contributed by atoms with Gasteiger partial charge in [-0.15, -0.1) is 0 Å². The predicted octanol–water partition coefficient (Wildman–Crippen LogP) is 13.0. The molecule has 9 aromatic carbocycles. The fraction of sp³-hybridized carbons (Fsp3) is 0. The number of fused-ring (bicyclic) bond motifs is 4. The zero-order valence-electron chi connectivity index (χ0n) is 29.9. The molecule has 0 N–H and O–H groups in total. The fourth-order valence-corrected chi connectivity index (χ4v) is 7.15. The third kappa shape index (κ3) is 4.23. The number of hydrogen-bond acceptors (Lipinski definition) is 0. The second kappa shape index (κ2) is 10.9. The first-order valence-electron chi connectivity index (χ1n) is 18.0. The van der Waals surface area contributed by atoms with E-state index >= 15 is 0 Å². The quantitative estimate of drug-likeness (QED) is 0.180. The van der Waals surface area contributed by atoms with Crippen molar-refractivity contribution in [2.75, 3.05) is 0 Å². The summed E-state index contributed by atoms with van der Waals surface area (Å²) in [6, 6.07) is 51.2. The molecule has 0 unspecified atom stereocenters. The van der Waals surface area contributed by atoms with Crippen LogP contribution < -0.4 is 0 Å². The molecular formula is C46H30.